The van der Waals surface area contributed by atoms with E-state index in [0.29, 0.717) is 41.3 Å². The van der Waals surface area contributed by atoms with Crippen LogP contribution in [0.1, 0.15) is 56.5 Å². The first-order valence-electron chi connectivity index (χ1n) is 13.5. The van der Waals surface area contributed by atoms with Gasteiger partial charge in [-0.2, -0.15) is 0 Å². The Labute approximate surface area is 236 Å². The summed E-state index contributed by atoms with van der Waals surface area (Å²) in [6.45, 7) is 15.5. The van der Waals surface area contributed by atoms with Gasteiger partial charge in [0.2, 0.25) is 5.91 Å². The van der Waals surface area contributed by atoms with Gasteiger partial charge in [-0.25, -0.2) is 9.97 Å². The second-order valence-corrected chi connectivity index (χ2v) is 11.2. The van der Waals surface area contributed by atoms with Crippen molar-refractivity contribution in [3.63, 3.8) is 0 Å². The Morgan fingerprint density at radius 2 is 1.89 bits per heavy atom. The highest BCUT2D eigenvalue weighted by molar-refractivity contribution is 7.99. The molecular weight excluding hydrogens is 520 g/mol. The van der Waals surface area contributed by atoms with Gasteiger partial charge in [0.25, 0.3) is 5.91 Å². The van der Waals surface area contributed by atoms with E-state index in [9.17, 15) is 9.59 Å². The number of carbonyl (C=O) groups excluding carboxylic acids is 2. The normalized spacial score (nSPS) is 16.6. The number of hydrogen-bond acceptors (Lipinski definition) is 7. The summed E-state index contributed by atoms with van der Waals surface area (Å²) in [5.41, 5.74) is 1.84. The predicted molar refractivity (Wildman–Crippen MR) is 156 cm³/mol. The van der Waals surface area contributed by atoms with Crippen LogP contribution in [0.3, 0.4) is 0 Å². The Kier molecular flexibility index (Phi) is 11.7. The molecule has 3 rings (SSSR count). The number of thioether (sulfide) groups is 1. The van der Waals surface area contributed by atoms with Gasteiger partial charge in [0.15, 0.2) is 5.16 Å². The van der Waals surface area contributed by atoms with E-state index >= 15 is 0 Å². The lowest BCUT2D eigenvalue weighted by Gasteiger charge is -2.40. The minimum Gasteiger partial charge on any atom is -0.353 e. The minimum atomic E-state index is -0.0349. The molecule has 2 atom stereocenters. The SMILES string of the molecule is CCN(CC)CCCC(C)NC(=O)CSc1nc(Cl)cc(N2CCN(C(=O)c3ccc(C)cc3)C(C)C2)n1. The van der Waals surface area contributed by atoms with Gasteiger partial charge in [-0.1, -0.05) is 54.9 Å². The molecule has 1 saturated heterocycles. The summed E-state index contributed by atoms with van der Waals surface area (Å²) in [7, 11) is 0. The maximum absolute atomic E-state index is 13.0. The molecule has 1 aromatic carbocycles. The van der Waals surface area contributed by atoms with Crippen LogP contribution in [0.2, 0.25) is 5.15 Å². The first-order valence-corrected chi connectivity index (χ1v) is 14.9. The Hall–Kier alpha value is -2.36. The average Bonchev–Trinajstić information content (AvgIpc) is 2.89. The number of hydrogen-bond donors (Lipinski definition) is 1. The van der Waals surface area contributed by atoms with Crippen molar-refractivity contribution in [2.24, 2.45) is 0 Å². The van der Waals surface area contributed by atoms with Crippen molar-refractivity contribution < 1.29 is 9.59 Å². The number of carbonyl (C=O) groups is 2. The van der Waals surface area contributed by atoms with Crippen molar-refractivity contribution in [1.29, 1.82) is 0 Å². The second-order valence-electron chi connectivity index (χ2n) is 9.92. The van der Waals surface area contributed by atoms with Gasteiger partial charge in [0, 0.05) is 43.3 Å². The van der Waals surface area contributed by atoms with Gasteiger partial charge < -0.3 is 20.0 Å². The second kappa shape index (κ2) is 14.7. The molecule has 1 fully saturated rings. The van der Waals surface area contributed by atoms with Gasteiger partial charge in [0.05, 0.1) is 5.75 Å². The summed E-state index contributed by atoms with van der Waals surface area (Å²) in [5.74, 6) is 0.955. The highest BCUT2D eigenvalue weighted by Crippen LogP contribution is 2.25. The first-order chi connectivity index (χ1) is 18.2. The minimum absolute atomic E-state index is 0.0106. The predicted octanol–water partition coefficient (Wildman–Crippen LogP) is 4.51. The Bertz CT molecular complexity index is 1070. The van der Waals surface area contributed by atoms with Crippen LogP contribution >= 0.6 is 23.4 Å². The number of nitrogens with one attached hydrogen (secondary N) is 1. The van der Waals surface area contributed by atoms with Crippen LogP contribution in [-0.2, 0) is 4.79 Å². The van der Waals surface area contributed by atoms with Gasteiger partial charge in [0.1, 0.15) is 11.0 Å². The fourth-order valence-corrected chi connectivity index (χ4v) is 5.51. The largest absolute Gasteiger partial charge is 0.353 e. The molecule has 1 aliphatic heterocycles. The fourth-order valence-electron chi connectivity index (χ4n) is 4.62. The number of amides is 2. The van der Waals surface area contributed by atoms with E-state index in [1.165, 1.54) is 11.8 Å². The zero-order chi connectivity index (χ0) is 27.7. The quantitative estimate of drug-likeness (QED) is 0.232. The standard InChI is InChI=1S/C28H41ClN6O2S/c1-6-33(7-2)14-8-9-21(4)30-26(36)19-38-28-31-24(29)17-25(32-28)34-15-16-35(22(5)18-34)27(37)23-12-10-20(3)11-13-23/h10-13,17,21-22H,6-9,14-16,18-19H2,1-5H3,(H,30,36). The molecule has 0 saturated carbocycles. The summed E-state index contributed by atoms with van der Waals surface area (Å²) in [4.78, 5) is 41.0. The molecule has 1 aliphatic rings. The number of piperazine rings is 1. The number of benzene rings is 1. The zero-order valence-electron chi connectivity index (χ0n) is 23.2. The van der Waals surface area contributed by atoms with Crippen molar-refractivity contribution in [3.05, 3.63) is 46.6 Å². The van der Waals surface area contributed by atoms with Crippen LogP contribution in [0.4, 0.5) is 5.82 Å². The molecule has 2 amide bonds. The van der Waals surface area contributed by atoms with Crippen molar-refractivity contribution >= 4 is 41.0 Å². The van der Waals surface area contributed by atoms with Gasteiger partial charge in [-0.3, -0.25) is 9.59 Å². The van der Waals surface area contributed by atoms with E-state index in [1.54, 1.807) is 6.07 Å². The molecular formula is C28H41ClN6O2S. The monoisotopic (exact) mass is 560 g/mol. The summed E-state index contributed by atoms with van der Waals surface area (Å²) in [6.07, 6.45) is 2.00. The molecule has 0 bridgehead atoms. The molecule has 1 N–H and O–H groups in total. The van der Waals surface area contributed by atoms with Gasteiger partial charge in [-0.05, 0) is 65.4 Å². The number of aryl methyl sites for hydroxylation is 1. The average molecular weight is 561 g/mol. The van der Waals surface area contributed by atoms with E-state index < -0.39 is 0 Å². The molecule has 2 unspecified atom stereocenters. The first kappa shape index (κ1) is 30.2. The molecule has 2 aromatic rings. The van der Waals surface area contributed by atoms with Crippen molar-refractivity contribution in [3.8, 4) is 0 Å². The summed E-state index contributed by atoms with van der Waals surface area (Å²) < 4.78 is 0. The zero-order valence-corrected chi connectivity index (χ0v) is 24.8. The molecule has 0 radical (unpaired) electrons. The van der Waals surface area contributed by atoms with E-state index in [-0.39, 0.29) is 29.7 Å². The van der Waals surface area contributed by atoms with Crippen LogP contribution in [0, 0.1) is 6.92 Å². The summed E-state index contributed by atoms with van der Waals surface area (Å²) >= 11 is 7.61. The summed E-state index contributed by atoms with van der Waals surface area (Å²) in [6, 6.07) is 9.57. The number of nitrogens with zero attached hydrogens (tertiary/aromatic N) is 5. The smallest absolute Gasteiger partial charge is 0.254 e. The number of aromatic nitrogens is 2. The molecule has 38 heavy (non-hydrogen) atoms. The maximum atomic E-state index is 13.0. The highest BCUT2D eigenvalue weighted by atomic mass is 35.5. The van der Waals surface area contributed by atoms with Crippen LogP contribution in [0.15, 0.2) is 35.5 Å². The van der Waals surface area contributed by atoms with Crippen molar-refractivity contribution in [2.75, 3.05) is 49.9 Å². The lowest BCUT2D eigenvalue weighted by atomic mass is 10.1. The van der Waals surface area contributed by atoms with E-state index in [2.05, 4.69) is 38.9 Å². The van der Waals surface area contributed by atoms with Crippen LogP contribution in [-0.4, -0.2) is 88.7 Å². The maximum Gasteiger partial charge on any atom is 0.254 e. The van der Waals surface area contributed by atoms with E-state index in [1.807, 2.05) is 49.9 Å². The number of halogens is 1. The molecule has 8 nitrogen and oxygen atoms in total. The van der Waals surface area contributed by atoms with Gasteiger partial charge in [-0.15, -0.1) is 0 Å². The Morgan fingerprint density at radius 3 is 2.55 bits per heavy atom. The van der Waals surface area contributed by atoms with Crippen molar-refractivity contribution in [2.45, 2.75) is 64.7 Å². The van der Waals surface area contributed by atoms with Crippen molar-refractivity contribution in [1.82, 2.24) is 25.1 Å². The summed E-state index contributed by atoms with van der Waals surface area (Å²) in [5, 5.41) is 3.89. The number of anilines is 1. The highest BCUT2D eigenvalue weighted by Gasteiger charge is 2.29. The lowest BCUT2D eigenvalue weighted by molar-refractivity contribution is -0.119. The van der Waals surface area contributed by atoms with Crippen LogP contribution in [0.25, 0.3) is 0 Å². The third-order valence-corrected chi connectivity index (χ3v) is 7.96. The molecule has 2 heterocycles. The van der Waals surface area contributed by atoms with Gasteiger partial charge >= 0.3 is 0 Å². The van der Waals surface area contributed by atoms with Crippen LogP contribution < -0.4 is 10.2 Å². The Morgan fingerprint density at radius 1 is 1.18 bits per heavy atom. The molecule has 0 aliphatic carbocycles. The lowest BCUT2D eigenvalue weighted by Crippen LogP contribution is -2.54. The van der Waals surface area contributed by atoms with E-state index in [0.717, 1.165) is 38.0 Å². The molecule has 0 spiro atoms. The Balaban J connectivity index is 1.51. The third-order valence-electron chi connectivity index (χ3n) is 6.92. The molecule has 10 heteroatoms. The third kappa shape index (κ3) is 8.85. The number of rotatable bonds is 12. The molecule has 1 aromatic heterocycles. The fraction of sp³-hybridized carbons (Fsp3) is 0.571. The van der Waals surface area contributed by atoms with E-state index in [4.69, 9.17) is 11.6 Å². The van der Waals surface area contributed by atoms with Crippen LogP contribution in [0.5, 0.6) is 0 Å². The topological polar surface area (TPSA) is 81.7 Å². The molecule has 208 valence electrons.